The summed E-state index contributed by atoms with van der Waals surface area (Å²) in [5.74, 6) is 0.765. The highest BCUT2D eigenvalue weighted by Crippen LogP contribution is 2.36. The molecule has 0 aliphatic heterocycles. The maximum atomic E-state index is 3.28. The van der Waals surface area contributed by atoms with Crippen LogP contribution >= 0.6 is 0 Å². The Labute approximate surface area is 92.9 Å². The van der Waals surface area contributed by atoms with Gasteiger partial charge in [-0.2, -0.15) is 0 Å². The van der Waals surface area contributed by atoms with E-state index in [4.69, 9.17) is 0 Å². The van der Waals surface area contributed by atoms with Crippen LogP contribution < -0.4 is 5.32 Å². The lowest BCUT2D eigenvalue weighted by Crippen LogP contribution is -2.27. The van der Waals surface area contributed by atoms with Crippen LogP contribution in [0.1, 0.15) is 42.0 Å². The highest BCUT2D eigenvalue weighted by atomic mass is 14.8. The van der Waals surface area contributed by atoms with E-state index in [2.05, 4.69) is 31.3 Å². The first-order chi connectivity index (χ1) is 7.30. The van der Waals surface area contributed by atoms with Crippen molar-refractivity contribution in [2.45, 2.75) is 39.0 Å². The second-order valence-corrected chi connectivity index (χ2v) is 4.49. The smallest absolute Gasteiger partial charge is 0.00204 e. The van der Waals surface area contributed by atoms with E-state index in [1.165, 1.54) is 19.3 Å². The summed E-state index contributed by atoms with van der Waals surface area (Å²) in [4.78, 5) is 0. The summed E-state index contributed by atoms with van der Waals surface area (Å²) in [6.45, 7) is 5.64. The van der Waals surface area contributed by atoms with Gasteiger partial charge in [0.1, 0.15) is 0 Å². The van der Waals surface area contributed by atoms with Gasteiger partial charge in [0.2, 0.25) is 0 Å². The fraction of sp³-hybridized carbons (Fsp3) is 0.571. The van der Waals surface area contributed by atoms with Crippen molar-refractivity contribution in [3.63, 3.8) is 0 Å². The van der Waals surface area contributed by atoms with Crippen molar-refractivity contribution >= 4 is 0 Å². The number of nitrogens with one attached hydrogen (secondary N) is 1. The SMILES string of the molecule is CCc1cc2c(cc1CC)C(CNC)C2. The van der Waals surface area contributed by atoms with Gasteiger partial charge in [0, 0.05) is 12.5 Å². The zero-order valence-corrected chi connectivity index (χ0v) is 10.1. The van der Waals surface area contributed by atoms with Crippen LogP contribution in [0.3, 0.4) is 0 Å². The highest BCUT2D eigenvalue weighted by molar-refractivity contribution is 5.47. The van der Waals surface area contributed by atoms with Gasteiger partial charge < -0.3 is 5.32 Å². The molecule has 1 aliphatic rings. The third-order valence-corrected chi connectivity index (χ3v) is 3.58. The van der Waals surface area contributed by atoms with E-state index in [1.54, 1.807) is 22.3 Å². The van der Waals surface area contributed by atoms with Crippen LogP contribution in [0.2, 0.25) is 0 Å². The molecule has 0 saturated heterocycles. The molecule has 0 amide bonds. The van der Waals surface area contributed by atoms with Crippen molar-refractivity contribution in [3.05, 3.63) is 34.4 Å². The molecule has 0 bridgehead atoms. The van der Waals surface area contributed by atoms with Gasteiger partial charge in [-0.1, -0.05) is 26.0 Å². The summed E-state index contributed by atoms with van der Waals surface area (Å²) < 4.78 is 0. The lowest BCUT2D eigenvalue weighted by atomic mass is 9.75. The zero-order valence-electron chi connectivity index (χ0n) is 10.1. The van der Waals surface area contributed by atoms with E-state index < -0.39 is 0 Å². The number of fused-ring (bicyclic) bond motifs is 1. The second-order valence-electron chi connectivity index (χ2n) is 4.49. The largest absolute Gasteiger partial charge is 0.319 e. The van der Waals surface area contributed by atoms with Crippen molar-refractivity contribution in [2.24, 2.45) is 0 Å². The van der Waals surface area contributed by atoms with Crippen molar-refractivity contribution in [3.8, 4) is 0 Å². The van der Waals surface area contributed by atoms with Crippen LogP contribution in [0, 0.1) is 0 Å². The number of likely N-dealkylation sites (N-methyl/N-ethyl adjacent to an activating group) is 1. The van der Waals surface area contributed by atoms with Gasteiger partial charge in [0.15, 0.2) is 0 Å². The second kappa shape index (κ2) is 4.36. The fourth-order valence-corrected chi connectivity index (χ4v) is 2.65. The van der Waals surface area contributed by atoms with Gasteiger partial charge in [-0.15, -0.1) is 0 Å². The molecule has 1 N–H and O–H groups in total. The monoisotopic (exact) mass is 203 g/mol. The lowest BCUT2D eigenvalue weighted by molar-refractivity contribution is 0.566. The molecule has 1 aliphatic carbocycles. The van der Waals surface area contributed by atoms with E-state index in [0.717, 1.165) is 12.5 Å². The van der Waals surface area contributed by atoms with E-state index in [0.29, 0.717) is 0 Å². The molecule has 1 nitrogen and oxygen atoms in total. The topological polar surface area (TPSA) is 12.0 Å². The molecule has 1 atom stereocenters. The maximum absolute atomic E-state index is 3.28. The Kier molecular flexibility index (Phi) is 3.11. The van der Waals surface area contributed by atoms with Gasteiger partial charge in [-0.25, -0.2) is 0 Å². The van der Waals surface area contributed by atoms with Gasteiger partial charge in [0.05, 0.1) is 0 Å². The molecule has 0 heterocycles. The molecule has 0 radical (unpaired) electrons. The van der Waals surface area contributed by atoms with Gasteiger partial charge in [-0.3, -0.25) is 0 Å². The van der Waals surface area contributed by atoms with Crippen LogP contribution in [-0.4, -0.2) is 13.6 Å². The lowest BCUT2D eigenvalue weighted by Gasteiger charge is -2.31. The Morgan fingerprint density at radius 2 is 1.87 bits per heavy atom. The Morgan fingerprint density at radius 3 is 2.47 bits per heavy atom. The predicted octanol–water partition coefficient (Wildman–Crippen LogP) is 2.67. The molecule has 0 spiro atoms. The summed E-state index contributed by atoms with van der Waals surface area (Å²) in [6.07, 6.45) is 3.61. The minimum absolute atomic E-state index is 0.765. The first-order valence-electron chi connectivity index (χ1n) is 6.09. The molecule has 1 unspecified atom stereocenters. The molecule has 1 aromatic rings. The third kappa shape index (κ3) is 1.81. The number of hydrogen-bond donors (Lipinski definition) is 1. The highest BCUT2D eigenvalue weighted by Gasteiger charge is 2.26. The van der Waals surface area contributed by atoms with Crippen LogP contribution in [0.5, 0.6) is 0 Å². The predicted molar refractivity (Wildman–Crippen MR) is 65.6 cm³/mol. The van der Waals surface area contributed by atoms with Crippen molar-refractivity contribution < 1.29 is 0 Å². The molecule has 82 valence electrons. The minimum atomic E-state index is 0.765. The van der Waals surface area contributed by atoms with E-state index in [9.17, 15) is 0 Å². The number of rotatable bonds is 4. The fourth-order valence-electron chi connectivity index (χ4n) is 2.65. The minimum Gasteiger partial charge on any atom is -0.319 e. The Morgan fingerprint density at radius 1 is 1.20 bits per heavy atom. The summed E-state index contributed by atoms with van der Waals surface area (Å²) in [6, 6.07) is 4.88. The molecule has 1 aromatic carbocycles. The quantitative estimate of drug-likeness (QED) is 0.793. The van der Waals surface area contributed by atoms with Crippen molar-refractivity contribution in [1.29, 1.82) is 0 Å². The molecule has 15 heavy (non-hydrogen) atoms. The van der Waals surface area contributed by atoms with Crippen LogP contribution in [0.4, 0.5) is 0 Å². The van der Waals surface area contributed by atoms with E-state index in [-0.39, 0.29) is 0 Å². The average Bonchev–Trinajstić information content (AvgIpc) is 2.25. The third-order valence-electron chi connectivity index (χ3n) is 3.58. The van der Waals surface area contributed by atoms with E-state index >= 15 is 0 Å². The standard InChI is InChI=1S/C14H21N/c1-4-10-6-12-7-13(9-15-3)14(12)8-11(10)5-2/h6,8,13,15H,4-5,7,9H2,1-3H3. The molecule has 0 aromatic heterocycles. The number of hydrogen-bond acceptors (Lipinski definition) is 1. The summed E-state index contributed by atoms with van der Waals surface area (Å²) >= 11 is 0. The normalized spacial score (nSPS) is 18.5. The van der Waals surface area contributed by atoms with Gasteiger partial charge in [-0.05, 0) is 48.6 Å². The van der Waals surface area contributed by atoms with Crippen LogP contribution in [0.15, 0.2) is 12.1 Å². The maximum Gasteiger partial charge on any atom is 0.00204 e. The van der Waals surface area contributed by atoms with Gasteiger partial charge in [0.25, 0.3) is 0 Å². The summed E-state index contributed by atoms with van der Waals surface area (Å²) in [5.41, 5.74) is 6.29. The summed E-state index contributed by atoms with van der Waals surface area (Å²) in [5, 5.41) is 3.28. The average molecular weight is 203 g/mol. The van der Waals surface area contributed by atoms with Crippen LogP contribution in [-0.2, 0) is 19.3 Å². The van der Waals surface area contributed by atoms with Crippen LogP contribution in [0.25, 0.3) is 0 Å². The molecule has 1 heteroatoms. The molecule has 0 saturated carbocycles. The van der Waals surface area contributed by atoms with Gasteiger partial charge >= 0.3 is 0 Å². The first kappa shape index (κ1) is 10.7. The van der Waals surface area contributed by atoms with E-state index in [1.807, 2.05) is 7.05 Å². The molecule has 0 fully saturated rings. The molecule has 2 rings (SSSR count). The zero-order chi connectivity index (χ0) is 10.8. The summed E-state index contributed by atoms with van der Waals surface area (Å²) in [7, 11) is 2.04. The first-order valence-corrected chi connectivity index (χ1v) is 6.09. The van der Waals surface area contributed by atoms with Crippen molar-refractivity contribution in [1.82, 2.24) is 5.32 Å². The Hall–Kier alpha value is -0.820. The van der Waals surface area contributed by atoms with Crippen molar-refractivity contribution in [2.75, 3.05) is 13.6 Å². The molecular weight excluding hydrogens is 182 g/mol. The Bertz CT molecular complexity index is 355. The number of benzene rings is 1. The molecular formula is C14H21N. The Balaban J connectivity index is 2.28. The number of aryl methyl sites for hydroxylation is 2.